The minimum atomic E-state index is -0.820. The summed E-state index contributed by atoms with van der Waals surface area (Å²) < 4.78 is 41.2. The van der Waals surface area contributed by atoms with Crippen molar-refractivity contribution in [1.82, 2.24) is 0 Å². The number of thiocarbonyl (C=S) groups is 1. The van der Waals surface area contributed by atoms with Crippen molar-refractivity contribution in [3.8, 4) is 0 Å². The molecule has 0 saturated carbocycles. The number of thioether (sulfide) groups is 1. The molecule has 14 heteroatoms. The maximum Gasteiger partial charge on any atom is 0.494 e. The van der Waals surface area contributed by atoms with Gasteiger partial charge in [0.1, 0.15) is 13.2 Å². The Morgan fingerprint density at radius 2 is 1.06 bits per heavy atom. The third-order valence-electron chi connectivity index (χ3n) is 16.1. The lowest BCUT2D eigenvalue weighted by Gasteiger charge is -2.38. The molecule has 2 fully saturated rings. The molecule has 2 aliphatic rings. The molecule has 10 nitrogen and oxygen atoms in total. The molecule has 6 aromatic carbocycles. The number of hydrogen-bond donors (Lipinski definition) is 0. The quantitative estimate of drug-likeness (QED) is 0.0136. The van der Waals surface area contributed by atoms with Crippen LogP contribution in [0.3, 0.4) is 0 Å². The zero-order valence-corrected chi connectivity index (χ0v) is 53.1. The first-order valence-electron chi connectivity index (χ1n) is 31.1. The van der Waals surface area contributed by atoms with E-state index in [4.69, 9.17) is 45.0 Å². The van der Waals surface area contributed by atoms with Gasteiger partial charge in [-0.15, -0.1) is 11.8 Å². The highest BCUT2D eigenvalue weighted by Crippen LogP contribution is 2.48. The second-order valence-electron chi connectivity index (χ2n) is 23.5. The third-order valence-corrected chi connectivity index (χ3v) is 17.8. The van der Waals surface area contributed by atoms with Crippen LogP contribution >= 0.6 is 24.0 Å². The van der Waals surface area contributed by atoms with Crippen molar-refractivity contribution in [2.45, 2.75) is 168 Å². The van der Waals surface area contributed by atoms with E-state index < -0.39 is 18.5 Å². The van der Waals surface area contributed by atoms with Crippen LogP contribution in [0.5, 0.6) is 0 Å². The van der Waals surface area contributed by atoms with Crippen molar-refractivity contribution >= 4 is 77.3 Å². The highest BCUT2D eigenvalue weighted by atomic mass is 32.2. The minimum absolute atomic E-state index is 0.0900. The van der Waals surface area contributed by atoms with Crippen molar-refractivity contribution in [1.29, 1.82) is 0 Å². The maximum absolute atomic E-state index is 14.5. The summed E-state index contributed by atoms with van der Waals surface area (Å²) >= 11 is 7.68. The van der Waals surface area contributed by atoms with Crippen LogP contribution in [-0.4, -0.2) is 68.4 Å². The Bertz CT molecular complexity index is 3020. The second kappa shape index (κ2) is 35.0. The summed E-state index contributed by atoms with van der Waals surface area (Å²) in [6, 6.07) is 50.8. The topological polar surface area (TPSA) is 116 Å². The average molecular weight is 1200 g/mol. The first-order valence-corrected chi connectivity index (χ1v) is 32.4. The largest absolute Gasteiger partial charge is 0.494 e. The van der Waals surface area contributed by atoms with Gasteiger partial charge >= 0.3 is 32.1 Å². The summed E-state index contributed by atoms with van der Waals surface area (Å²) in [6.45, 7) is 18.6. The summed E-state index contributed by atoms with van der Waals surface area (Å²) in [7, 11) is -0.760. The molecule has 4 unspecified atom stereocenters. The molecule has 2 saturated heterocycles. The molecule has 0 aromatic heterocycles. The Hall–Kier alpha value is -6.12. The molecule has 0 bridgehead atoms. The highest BCUT2D eigenvalue weighted by molar-refractivity contribution is 8.23. The Balaban J connectivity index is 0.000000350. The van der Waals surface area contributed by atoms with Crippen LogP contribution in [0, 0.1) is 5.41 Å². The van der Waals surface area contributed by atoms with Crippen molar-refractivity contribution in [2.24, 2.45) is 5.41 Å². The minimum Gasteiger partial charge on any atom is -0.465 e. The van der Waals surface area contributed by atoms with Crippen LogP contribution in [-0.2, 0) is 56.3 Å². The van der Waals surface area contributed by atoms with E-state index in [2.05, 4.69) is 84.5 Å². The van der Waals surface area contributed by atoms with E-state index in [1.165, 1.54) is 56.9 Å². The fourth-order valence-corrected chi connectivity index (χ4v) is 12.6. The van der Waals surface area contributed by atoms with E-state index in [0.29, 0.717) is 43.8 Å². The van der Waals surface area contributed by atoms with Crippen LogP contribution in [0.25, 0.3) is 6.08 Å². The van der Waals surface area contributed by atoms with Crippen LogP contribution in [0.2, 0.25) is 0 Å². The number of carbonyl (C=O) groups is 3. The molecule has 6 aromatic rings. The summed E-state index contributed by atoms with van der Waals surface area (Å²) in [5.41, 5.74) is 7.69. The summed E-state index contributed by atoms with van der Waals surface area (Å²) in [5.74, 6) is -0.905. The number of hydrogen-bond acceptors (Lipinski definition) is 12. The molecular weight excluding hydrogens is 1110 g/mol. The van der Waals surface area contributed by atoms with E-state index in [0.717, 1.165) is 68.6 Å². The monoisotopic (exact) mass is 1200 g/mol. The number of esters is 3. The van der Waals surface area contributed by atoms with E-state index in [1.54, 1.807) is 42.1 Å². The van der Waals surface area contributed by atoms with Crippen LogP contribution in [0.15, 0.2) is 164 Å². The van der Waals surface area contributed by atoms with Gasteiger partial charge in [-0.3, -0.25) is 4.79 Å². The van der Waals surface area contributed by atoms with Crippen molar-refractivity contribution in [3.63, 3.8) is 0 Å². The maximum atomic E-state index is 14.5. The van der Waals surface area contributed by atoms with Crippen molar-refractivity contribution in [3.05, 3.63) is 209 Å². The van der Waals surface area contributed by atoms with Gasteiger partial charge in [0, 0.05) is 5.25 Å². The van der Waals surface area contributed by atoms with E-state index in [9.17, 15) is 14.4 Å². The first kappa shape index (κ1) is 67.4. The van der Waals surface area contributed by atoms with Gasteiger partial charge in [-0.05, 0) is 113 Å². The number of benzene rings is 6. The van der Waals surface area contributed by atoms with Gasteiger partial charge in [-0.1, -0.05) is 251 Å². The zero-order valence-electron chi connectivity index (χ0n) is 51.5. The van der Waals surface area contributed by atoms with E-state index in [1.807, 2.05) is 97.1 Å². The van der Waals surface area contributed by atoms with Crippen LogP contribution < -0.4 is 10.9 Å². The summed E-state index contributed by atoms with van der Waals surface area (Å²) in [6.07, 6.45) is 17.2. The summed E-state index contributed by atoms with van der Waals surface area (Å²) in [4.78, 5) is 39.7. The Morgan fingerprint density at radius 1 is 0.593 bits per heavy atom. The average Bonchev–Trinajstić information content (AvgIpc) is 4.42. The number of carbonyl (C=O) groups excluding carboxylic acids is 3. The molecule has 8 rings (SSSR count). The van der Waals surface area contributed by atoms with Crippen molar-refractivity contribution < 1.29 is 47.2 Å². The van der Waals surface area contributed by atoms with Gasteiger partial charge in [0.15, 0.2) is 0 Å². The Morgan fingerprint density at radius 3 is 1.52 bits per heavy atom. The molecule has 0 aliphatic carbocycles. The molecule has 4 atom stereocenters. The van der Waals surface area contributed by atoms with Gasteiger partial charge in [0.05, 0.1) is 52.8 Å². The van der Waals surface area contributed by atoms with E-state index >= 15 is 0 Å². The molecule has 2 aliphatic heterocycles. The summed E-state index contributed by atoms with van der Waals surface area (Å²) in [5, 5.41) is -0.148. The lowest BCUT2D eigenvalue weighted by Crippen LogP contribution is -2.38. The zero-order chi connectivity index (χ0) is 61.2. The lowest BCUT2D eigenvalue weighted by molar-refractivity contribution is -0.157. The molecular formula is C72H88B2O10S2. The molecule has 0 spiro atoms. The van der Waals surface area contributed by atoms with Crippen LogP contribution in [0.1, 0.15) is 191 Å². The lowest BCUT2D eigenvalue weighted by atomic mass is 9.68. The molecule has 0 amide bonds. The molecule has 0 radical (unpaired) electrons. The van der Waals surface area contributed by atoms with Gasteiger partial charge in [-0.25, -0.2) is 9.59 Å². The van der Waals surface area contributed by atoms with Gasteiger partial charge < -0.3 is 32.8 Å². The number of unbranched alkanes of at least 4 members (excludes halogenated alkanes) is 9. The second-order valence-corrected chi connectivity index (χ2v) is 25.4. The Labute approximate surface area is 523 Å². The van der Waals surface area contributed by atoms with Gasteiger partial charge in [0.2, 0.25) is 0 Å². The van der Waals surface area contributed by atoms with E-state index in [-0.39, 0.29) is 55.1 Å². The standard InChI is InChI=1S/C52H67BO6S2.C20H21BO4/c1-6-8-9-10-11-12-13-14-15-22-35-56-50(55)52(5,39-51(3,4)44-25-20-17-21-26-44)36-47(61-49(60)43-23-18-16-19-24-43)41-29-27-40(28-30-41)37-57-48(54)42-31-33-45(34-32-42)53-58-38-46(7-2)59-53;1-3-15-5-7-16(8-6-15)13-23-20(22)17-9-11-18(12-10-17)21-24-14-19(4-2)25-21/h16-21,23-34,46-47H,6-15,22,35-39H2,1-5H3;3,5-12,19H,1,4,13-14H2,2H3. The third kappa shape index (κ3) is 21.0. The number of rotatable bonds is 31. The van der Waals surface area contributed by atoms with Crippen LogP contribution in [0.4, 0.5) is 0 Å². The molecule has 454 valence electrons. The first-order chi connectivity index (χ1) is 41.7. The fraction of sp³-hybridized carbons (Fsp3) is 0.417. The van der Waals surface area contributed by atoms with Crippen molar-refractivity contribution in [2.75, 3.05) is 19.8 Å². The predicted molar refractivity (Wildman–Crippen MR) is 355 cm³/mol. The number of ether oxygens (including phenoxy) is 3. The molecule has 0 N–H and O–H groups in total. The fourth-order valence-electron chi connectivity index (χ4n) is 10.8. The van der Waals surface area contributed by atoms with Gasteiger partial charge in [0.25, 0.3) is 0 Å². The highest BCUT2D eigenvalue weighted by Gasteiger charge is 2.43. The Kier molecular flexibility index (Phi) is 27.4. The predicted octanol–water partition coefficient (Wildman–Crippen LogP) is 16.1. The smallest absolute Gasteiger partial charge is 0.465 e. The SMILES string of the molecule is C=Cc1ccc(COC(=O)c2ccc(B3OCC(CC)O3)cc2)cc1.CCCCCCCCCCCCOC(=O)C(C)(CC(SC(=S)c1ccccc1)c1ccc(COC(=O)c2ccc(B3OCC(CC)O3)cc2)cc1)CC(C)(C)c1ccccc1. The van der Waals surface area contributed by atoms with Gasteiger partial charge in [-0.2, -0.15) is 0 Å². The molecule has 2 heterocycles. The molecule has 86 heavy (non-hydrogen) atoms. The normalized spacial score (nSPS) is 15.9.